The van der Waals surface area contributed by atoms with E-state index >= 15 is 0 Å². The van der Waals surface area contributed by atoms with E-state index in [-0.39, 0.29) is 11.9 Å². The molecule has 0 N–H and O–H groups in total. The zero-order valence-corrected chi connectivity index (χ0v) is 14.3. The van der Waals surface area contributed by atoms with Gasteiger partial charge in [0.15, 0.2) is 0 Å². The predicted octanol–water partition coefficient (Wildman–Crippen LogP) is 3.92. The van der Waals surface area contributed by atoms with E-state index in [1.807, 2.05) is 44.2 Å². The maximum absolute atomic E-state index is 11.6. The van der Waals surface area contributed by atoms with Crippen molar-refractivity contribution >= 4 is 11.9 Å². The molecule has 1 aromatic rings. The van der Waals surface area contributed by atoms with E-state index in [0.717, 1.165) is 25.7 Å². The summed E-state index contributed by atoms with van der Waals surface area (Å²) in [6.45, 7) is 4.92. The minimum Gasteiger partial charge on any atom is -0.465 e. The fourth-order valence-corrected chi connectivity index (χ4v) is 2.05. The molecule has 0 bridgehead atoms. The zero-order chi connectivity index (χ0) is 16.9. The minimum atomic E-state index is -0.164. The summed E-state index contributed by atoms with van der Waals surface area (Å²) in [6.07, 6.45) is 3.93. The Morgan fingerprint density at radius 1 is 0.913 bits per heavy atom. The molecule has 0 spiro atoms. The van der Waals surface area contributed by atoms with Gasteiger partial charge in [-0.05, 0) is 24.3 Å². The average Bonchev–Trinajstić information content (AvgIpc) is 2.53. The van der Waals surface area contributed by atoms with E-state index < -0.39 is 0 Å². The Balaban J connectivity index is 1.96. The lowest BCUT2D eigenvalue weighted by Gasteiger charge is -2.07. The van der Waals surface area contributed by atoms with E-state index in [4.69, 9.17) is 9.47 Å². The van der Waals surface area contributed by atoms with Gasteiger partial charge in [0.2, 0.25) is 0 Å². The molecule has 0 heterocycles. The molecule has 0 aliphatic heterocycles. The Morgan fingerprint density at radius 3 is 2.13 bits per heavy atom. The molecule has 0 aromatic heterocycles. The van der Waals surface area contributed by atoms with Crippen molar-refractivity contribution in [2.24, 2.45) is 5.92 Å². The van der Waals surface area contributed by atoms with Crippen molar-refractivity contribution < 1.29 is 19.1 Å². The van der Waals surface area contributed by atoms with Crippen LogP contribution in [0.15, 0.2) is 30.3 Å². The van der Waals surface area contributed by atoms with Crippen LogP contribution in [0.2, 0.25) is 0 Å². The van der Waals surface area contributed by atoms with Gasteiger partial charge < -0.3 is 9.47 Å². The Morgan fingerprint density at radius 2 is 1.52 bits per heavy atom. The van der Waals surface area contributed by atoms with Crippen molar-refractivity contribution in [3.8, 4) is 0 Å². The van der Waals surface area contributed by atoms with Gasteiger partial charge in [-0.15, -0.1) is 0 Å². The highest BCUT2D eigenvalue weighted by Crippen LogP contribution is 2.07. The summed E-state index contributed by atoms with van der Waals surface area (Å²) in [7, 11) is 0. The zero-order valence-electron chi connectivity index (χ0n) is 14.3. The van der Waals surface area contributed by atoms with Gasteiger partial charge in [0, 0.05) is 19.3 Å². The molecule has 0 aliphatic carbocycles. The van der Waals surface area contributed by atoms with Gasteiger partial charge in [-0.25, -0.2) is 0 Å². The standard InChI is InChI=1S/C19H28O4/c1-16(2)15-23-19(21)12-8-4-7-11-18(20)22-14-13-17-9-5-3-6-10-17/h3,5-6,9-10,16H,4,7-8,11-15H2,1-2H3. The summed E-state index contributed by atoms with van der Waals surface area (Å²) < 4.78 is 10.3. The van der Waals surface area contributed by atoms with Gasteiger partial charge >= 0.3 is 11.9 Å². The molecule has 0 atom stereocenters. The van der Waals surface area contributed by atoms with Crippen LogP contribution in [0.3, 0.4) is 0 Å². The second-order valence-corrected chi connectivity index (χ2v) is 6.09. The van der Waals surface area contributed by atoms with Crippen molar-refractivity contribution in [1.82, 2.24) is 0 Å². The molecule has 0 amide bonds. The topological polar surface area (TPSA) is 52.6 Å². The first-order valence-corrected chi connectivity index (χ1v) is 8.43. The van der Waals surface area contributed by atoms with Gasteiger partial charge in [0.05, 0.1) is 13.2 Å². The Kier molecular flexibility index (Phi) is 9.76. The molecule has 0 unspecified atom stereocenters. The SMILES string of the molecule is CC(C)COC(=O)CCCCCC(=O)OCCc1ccccc1. The maximum atomic E-state index is 11.6. The molecule has 0 fully saturated rings. The molecule has 23 heavy (non-hydrogen) atoms. The number of ether oxygens (including phenoxy) is 2. The highest BCUT2D eigenvalue weighted by molar-refractivity contribution is 5.69. The molecule has 0 aliphatic rings. The Hall–Kier alpha value is -1.84. The van der Waals surface area contributed by atoms with Crippen LogP contribution in [-0.4, -0.2) is 25.2 Å². The van der Waals surface area contributed by atoms with E-state index in [1.54, 1.807) is 0 Å². The lowest BCUT2D eigenvalue weighted by molar-refractivity contribution is -0.144. The summed E-state index contributed by atoms with van der Waals surface area (Å²) >= 11 is 0. The normalized spacial score (nSPS) is 10.6. The van der Waals surface area contributed by atoms with E-state index in [9.17, 15) is 9.59 Å². The first-order chi connectivity index (χ1) is 11.1. The van der Waals surface area contributed by atoms with Crippen LogP contribution in [0.25, 0.3) is 0 Å². The number of hydrogen-bond donors (Lipinski definition) is 0. The van der Waals surface area contributed by atoms with E-state index in [1.165, 1.54) is 5.56 Å². The molecule has 128 valence electrons. The summed E-state index contributed by atoms with van der Waals surface area (Å²) in [5, 5.41) is 0. The van der Waals surface area contributed by atoms with Crippen LogP contribution in [-0.2, 0) is 25.5 Å². The Labute approximate surface area is 139 Å². The van der Waals surface area contributed by atoms with Crippen LogP contribution in [0.5, 0.6) is 0 Å². The summed E-state index contributed by atoms with van der Waals surface area (Å²) in [5.41, 5.74) is 1.17. The molecule has 1 rings (SSSR count). The molecule has 0 saturated carbocycles. The van der Waals surface area contributed by atoms with Crippen LogP contribution < -0.4 is 0 Å². The van der Waals surface area contributed by atoms with Crippen LogP contribution in [0.4, 0.5) is 0 Å². The minimum absolute atomic E-state index is 0.149. The van der Waals surface area contributed by atoms with Crippen molar-refractivity contribution in [3.63, 3.8) is 0 Å². The van der Waals surface area contributed by atoms with Crippen molar-refractivity contribution in [2.75, 3.05) is 13.2 Å². The maximum Gasteiger partial charge on any atom is 0.305 e. The summed E-state index contributed by atoms with van der Waals surface area (Å²) in [6, 6.07) is 9.96. The highest BCUT2D eigenvalue weighted by Gasteiger charge is 2.06. The number of benzene rings is 1. The summed E-state index contributed by atoms with van der Waals surface area (Å²) in [4.78, 5) is 23.0. The smallest absolute Gasteiger partial charge is 0.305 e. The quantitative estimate of drug-likeness (QED) is 0.458. The monoisotopic (exact) mass is 320 g/mol. The molecule has 1 aromatic carbocycles. The van der Waals surface area contributed by atoms with Gasteiger partial charge in [-0.2, -0.15) is 0 Å². The van der Waals surface area contributed by atoms with Gasteiger partial charge in [0.25, 0.3) is 0 Å². The van der Waals surface area contributed by atoms with Crippen molar-refractivity contribution in [3.05, 3.63) is 35.9 Å². The summed E-state index contributed by atoms with van der Waals surface area (Å²) in [5.74, 6) is 0.0528. The van der Waals surface area contributed by atoms with Gasteiger partial charge in [-0.1, -0.05) is 50.6 Å². The molecular weight excluding hydrogens is 292 g/mol. The lowest BCUT2D eigenvalue weighted by atomic mass is 10.1. The number of esters is 2. The first kappa shape index (κ1) is 19.2. The highest BCUT2D eigenvalue weighted by atomic mass is 16.5. The average molecular weight is 320 g/mol. The third-order valence-corrected chi connectivity index (χ3v) is 3.34. The number of rotatable bonds is 11. The molecular formula is C19H28O4. The lowest BCUT2D eigenvalue weighted by Crippen LogP contribution is -2.10. The fraction of sp³-hybridized carbons (Fsp3) is 0.579. The third kappa shape index (κ3) is 10.5. The Bertz CT molecular complexity index is 454. The van der Waals surface area contributed by atoms with Crippen molar-refractivity contribution in [2.45, 2.75) is 52.4 Å². The van der Waals surface area contributed by atoms with Crippen molar-refractivity contribution in [1.29, 1.82) is 0 Å². The van der Waals surface area contributed by atoms with E-state index in [2.05, 4.69) is 0 Å². The van der Waals surface area contributed by atoms with E-state index in [0.29, 0.717) is 32.0 Å². The van der Waals surface area contributed by atoms with Crippen LogP contribution in [0, 0.1) is 5.92 Å². The predicted molar refractivity (Wildman–Crippen MR) is 90.0 cm³/mol. The van der Waals surface area contributed by atoms with Gasteiger partial charge in [0.1, 0.15) is 0 Å². The second-order valence-electron chi connectivity index (χ2n) is 6.09. The van der Waals surface area contributed by atoms with Crippen LogP contribution >= 0.6 is 0 Å². The number of carbonyl (C=O) groups excluding carboxylic acids is 2. The number of hydrogen-bond acceptors (Lipinski definition) is 4. The molecule has 0 radical (unpaired) electrons. The molecule has 4 nitrogen and oxygen atoms in total. The number of unbranched alkanes of at least 4 members (excludes halogenated alkanes) is 2. The fourth-order valence-electron chi connectivity index (χ4n) is 2.05. The third-order valence-electron chi connectivity index (χ3n) is 3.34. The first-order valence-electron chi connectivity index (χ1n) is 8.43. The number of carbonyl (C=O) groups is 2. The van der Waals surface area contributed by atoms with Crippen LogP contribution in [0.1, 0.15) is 51.5 Å². The largest absolute Gasteiger partial charge is 0.465 e. The second kappa shape index (κ2) is 11.7. The van der Waals surface area contributed by atoms with Gasteiger partial charge in [-0.3, -0.25) is 9.59 Å². The molecule has 0 saturated heterocycles. The molecule has 4 heteroatoms.